The van der Waals surface area contributed by atoms with Crippen molar-refractivity contribution >= 4 is 17.7 Å². The number of carbonyl (C=O) groups is 1. The van der Waals surface area contributed by atoms with Crippen molar-refractivity contribution in [2.24, 2.45) is 7.05 Å². The summed E-state index contributed by atoms with van der Waals surface area (Å²) >= 11 is 1.60. The van der Waals surface area contributed by atoms with E-state index in [0.29, 0.717) is 22.9 Å². The molecule has 0 atom stereocenters. The van der Waals surface area contributed by atoms with Gasteiger partial charge in [0.05, 0.1) is 17.0 Å². The number of halogens is 3. The van der Waals surface area contributed by atoms with Crippen molar-refractivity contribution in [2.75, 3.05) is 6.61 Å². The van der Waals surface area contributed by atoms with Crippen LogP contribution in [-0.4, -0.2) is 27.2 Å². The number of alkyl halides is 3. The molecule has 1 aromatic heterocycles. The second kappa shape index (κ2) is 9.91. The number of benzene rings is 2. The topological polar surface area (TPSA) is 64.4 Å². The van der Waals surface area contributed by atoms with E-state index < -0.39 is 24.3 Å². The normalized spacial score (nSPS) is 11.8. The van der Waals surface area contributed by atoms with Crippen molar-refractivity contribution in [1.29, 1.82) is 0 Å². The van der Waals surface area contributed by atoms with Crippen molar-refractivity contribution in [3.8, 4) is 17.1 Å². The molecule has 0 unspecified atom stereocenters. The maximum absolute atomic E-state index is 12.9. The molecule has 0 aliphatic rings. The van der Waals surface area contributed by atoms with E-state index in [9.17, 15) is 18.0 Å². The van der Waals surface area contributed by atoms with Crippen molar-refractivity contribution in [2.45, 2.75) is 43.5 Å². The monoisotopic (exact) mass is 478 g/mol. The van der Waals surface area contributed by atoms with Gasteiger partial charge in [0.25, 0.3) is 0 Å². The molecule has 0 fully saturated rings. The van der Waals surface area contributed by atoms with E-state index in [1.54, 1.807) is 17.8 Å². The number of hydrogen-bond acceptors (Lipinski definition) is 4. The SMILES string of the molecule is Cc1cc(SCc2c(C(C)C)nc(-c3ccc(C(F)(F)F)cc3)n2C)ccc1OCC(=O)O. The van der Waals surface area contributed by atoms with E-state index >= 15 is 0 Å². The summed E-state index contributed by atoms with van der Waals surface area (Å²) in [5.41, 5.74) is 2.67. The number of carboxylic acids is 1. The summed E-state index contributed by atoms with van der Waals surface area (Å²) in [7, 11) is 1.87. The smallest absolute Gasteiger partial charge is 0.416 e. The molecule has 33 heavy (non-hydrogen) atoms. The molecule has 0 saturated heterocycles. The molecule has 1 heterocycles. The number of ether oxygens (including phenoxy) is 1. The molecule has 5 nitrogen and oxygen atoms in total. The summed E-state index contributed by atoms with van der Waals surface area (Å²) in [5.74, 6) is 0.871. The Bertz CT molecular complexity index is 1140. The third-order valence-electron chi connectivity index (χ3n) is 5.14. The summed E-state index contributed by atoms with van der Waals surface area (Å²) in [6.07, 6.45) is -4.38. The van der Waals surface area contributed by atoms with Gasteiger partial charge in [-0.05, 0) is 48.7 Å². The lowest BCUT2D eigenvalue weighted by atomic mass is 10.1. The van der Waals surface area contributed by atoms with Gasteiger partial charge in [0.2, 0.25) is 0 Å². The Morgan fingerprint density at radius 3 is 2.39 bits per heavy atom. The van der Waals surface area contributed by atoms with E-state index in [4.69, 9.17) is 14.8 Å². The lowest BCUT2D eigenvalue weighted by molar-refractivity contribution is -0.139. The molecule has 3 rings (SSSR count). The van der Waals surface area contributed by atoms with E-state index in [2.05, 4.69) is 0 Å². The summed E-state index contributed by atoms with van der Waals surface area (Å²) in [6, 6.07) is 10.6. The fraction of sp³-hybridized carbons (Fsp3) is 0.333. The van der Waals surface area contributed by atoms with Crippen LogP contribution in [-0.2, 0) is 23.8 Å². The number of nitrogens with zero attached hydrogens (tertiary/aromatic N) is 2. The first kappa shape index (κ1) is 24.7. The Balaban J connectivity index is 1.83. The van der Waals surface area contributed by atoms with E-state index in [1.165, 1.54) is 12.1 Å². The number of imidazole rings is 1. The van der Waals surface area contributed by atoms with E-state index in [-0.39, 0.29) is 5.92 Å². The first-order valence-corrected chi connectivity index (χ1v) is 11.3. The fourth-order valence-electron chi connectivity index (χ4n) is 3.42. The second-order valence-electron chi connectivity index (χ2n) is 7.95. The number of aryl methyl sites for hydroxylation is 1. The Morgan fingerprint density at radius 2 is 1.85 bits per heavy atom. The minimum absolute atomic E-state index is 0.142. The summed E-state index contributed by atoms with van der Waals surface area (Å²) < 4.78 is 45.9. The van der Waals surface area contributed by atoms with Gasteiger partial charge in [-0.25, -0.2) is 9.78 Å². The molecule has 0 amide bonds. The largest absolute Gasteiger partial charge is 0.482 e. The molecule has 0 spiro atoms. The van der Waals surface area contributed by atoms with E-state index in [0.717, 1.165) is 34.0 Å². The molecule has 0 aliphatic carbocycles. The zero-order chi connectivity index (χ0) is 24.3. The van der Waals surface area contributed by atoms with Gasteiger partial charge < -0.3 is 14.4 Å². The highest BCUT2D eigenvalue weighted by Crippen LogP contribution is 2.34. The molecular formula is C24H25F3N2O3S. The average molecular weight is 479 g/mol. The minimum atomic E-state index is -4.38. The Labute approximate surface area is 194 Å². The van der Waals surface area contributed by atoms with Crippen LogP contribution in [0.4, 0.5) is 13.2 Å². The maximum Gasteiger partial charge on any atom is 0.416 e. The molecule has 176 valence electrons. The number of hydrogen-bond donors (Lipinski definition) is 1. The van der Waals surface area contributed by atoms with Crippen LogP contribution in [0, 0.1) is 6.92 Å². The van der Waals surface area contributed by atoms with Crippen molar-refractivity contribution < 1.29 is 27.8 Å². The van der Waals surface area contributed by atoms with Gasteiger partial charge >= 0.3 is 12.1 Å². The fourth-order valence-corrected chi connectivity index (χ4v) is 4.49. The molecule has 1 N–H and O–H groups in total. The predicted octanol–water partition coefficient (Wildman–Crippen LogP) is 6.29. The Kier molecular flexibility index (Phi) is 7.41. The quantitative estimate of drug-likeness (QED) is 0.385. The summed E-state index contributed by atoms with van der Waals surface area (Å²) in [4.78, 5) is 16.4. The second-order valence-corrected chi connectivity index (χ2v) is 9.00. The van der Waals surface area contributed by atoms with Gasteiger partial charge in [-0.1, -0.05) is 26.0 Å². The van der Waals surface area contributed by atoms with Gasteiger partial charge in [-0.3, -0.25) is 0 Å². The number of rotatable bonds is 8. The first-order valence-electron chi connectivity index (χ1n) is 10.3. The van der Waals surface area contributed by atoms with Crippen molar-refractivity contribution in [1.82, 2.24) is 9.55 Å². The van der Waals surface area contributed by atoms with Crippen LogP contribution in [0.25, 0.3) is 11.4 Å². The zero-order valence-corrected chi connectivity index (χ0v) is 19.5. The first-order chi connectivity index (χ1) is 15.5. The minimum Gasteiger partial charge on any atom is -0.482 e. The number of thioether (sulfide) groups is 1. The van der Waals surface area contributed by atoms with Crippen molar-refractivity contribution in [3.05, 3.63) is 65.0 Å². The lowest BCUT2D eigenvalue weighted by Crippen LogP contribution is -2.10. The van der Waals surface area contributed by atoms with Crippen LogP contribution < -0.4 is 4.74 Å². The average Bonchev–Trinajstić information content (AvgIpc) is 3.07. The van der Waals surface area contributed by atoms with Crippen LogP contribution in [0.3, 0.4) is 0 Å². The molecule has 0 radical (unpaired) electrons. The van der Waals surface area contributed by atoms with Gasteiger partial charge in [0.15, 0.2) is 6.61 Å². The maximum atomic E-state index is 12.9. The van der Waals surface area contributed by atoms with Gasteiger partial charge in [0, 0.05) is 23.3 Å². The third kappa shape index (κ3) is 5.90. The third-order valence-corrected chi connectivity index (χ3v) is 6.14. The standard InChI is InChI=1S/C24H25F3N2O3S/c1-14(2)22-19(13-33-18-9-10-20(15(3)11-18)32-12-21(30)31)29(4)23(28-22)16-5-7-17(8-6-16)24(25,26)27/h5-11,14H,12-13H2,1-4H3,(H,30,31). The van der Waals surface area contributed by atoms with Crippen molar-refractivity contribution in [3.63, 3.8) is 0 Å². The highest BCUT2D eigenvalue weighted by atomic mass is 32.2. The summed E-state index contributed by atoms with van der Waals surface area (Å²) in [5, 5.41) is 8.77. The molecular weight excluding hydrogens is 453 g/mol. The van der Waals surface area contributed by atoms with Gasteiger partial charge in [-0.15, -0.1) is 11.8 Å². The van der Waals surface area contributed by atoms with Crippen LogP contribution in [0.2, 0.25) is 0 Å². The van der Waals surface area contributed by atoms with Crippen LogP contribution in [0.15, 0.2) is 47.4 Å². The molecule has 0 bridgehead atoms. The Morgan fingerprint density at radius 1 is 1.18 bits per heavy atom. The highest BCUT2D eigenvalue weighted by Gasteiger charge is 2.30. The predicted molar refractivity (Wildman–Crippen MR) is 122 cm³/mol. The van der Waals surface area contributed by atoms with Gasteiger partial charge in [0.1, 0.15) is 11.6 Å². The molecule has 0 saturated carbocycles. The number of aliphatic carboxylic acids is 1. The number of aromatic nitrogens is 2. The Hall–Kier alpha value is -2.94. The molecule has 0 aliphatic heterocycles. The molecule has 3 aromatic rings. The lowest BCUT2D eigenvalue weighted by Gasteiger charge is -2.11. The van der Waals surface area contributed by atoms with Crippen LogP contribution >= 0.6 is 11.8 Å². The molecule has 2 aromatic carbocycles. The number of carboxylic acid groups (broad SMARTS) is 1. The van der Waals surface area contributed by atoms with Crippen LogP contribution in [0.1, 0.15) is 42.3 Å². The van der Waals surface area contributed by atoms with E-state index in [1.807, 2.05) is 44.5 Å². The zero-order valence-electron chi connectivity index (χ0n) is 18.7. The van der Waals surface area contributed by atoms with Gasteiger partial charge in [-0.2, -0.15) is 13.2 Å². The van der Waals surface area contributed by atoms with Crippen LogP contribution in [0.5, 0.6) is 5.75 Å². The molecule has 9 heteroatoms. The summed E-state index contributed by atoms with van der Waals surface area (Å²) in [6.45, 7) is 5.53. The highest BCUT2D eigenvalue weighted by molar-refractivity contribution is 7.98.